The second-order valence-corrected chi connectivity index (χ2v) is 11.1. The maximum absolute atomic E-state index is 12.4. The minimum Gasteiger partial charge on any atom is -0.469 e. The second-order valence-electron chi connectivity index (χ2n) is 11.1. The van der Waals surface area contributed by atoms with Crippen molar-refractivity contribution in [3.63, 3.8) is 0 Å². The molecule has 168 valence electrons. The Labute approximate surface area is 180 Å². The zero-order valence-corrected chi connectivity index (χ0v) is 19.2. The van der Waals surface area contributed by atoms with E-state index in [0.29, 0.717) is 35.9 Å². The molecule has 4 fully saturated rings. The molecule has 0 aliphatic heterocycles. The fourth-order valence-corrected chi connectivity index (χ4v) is 8.56. The van der Waals surface area contributed by atoms with Gasteiger partial charge in [-0.3, -0.25) is 14.4 Å². The number of esters is 2. The van der Waals surface area contributed by atoms with Gasteiger partial charge in [0, 0.05) is 25.2 Å². The Balaban J connectivity index is 1.70. The normalized spacial score (nSPS) is 46.2. The van der Waals surface area contributed by atoms with Crippen molar-refractivity contribution in [1.29, 1.82) is 0 Å². The number of fused-ring (bicyclic) bond motifs is 5. The Morgan fingerprint density at radius 3 is 2.50 bits per heavy atom. The fourth-order valence-electron chi connectivity index (χ4n) is 8.56. The predicted molar refractivity (Wildman–Crippen MR) is 112 cm³/mol. The van der Waals surface area contributed by atoms with Gasteiger partial charge in [-0.05, 0) is 73.5 Å². The van der Waals surface area contributed by atoms with Crippen LogP contribution in [-0.2, 0) is 23.9 Å². The van der Waals surface area contributed by atoms with Gasteiger partial charge in [0.15, 0.2) is 0 Å². The molecule has 0 N–H and O–H groups in total. The van der Waals surface area contributed by atoms with E-state index < -0.39 is 0 Å². The molecule has 9 atom stereocenters. The summed E-state index contributed by atoms with van der Waals surface area (Å²) in [5, 5.41) is 0. The summed E-state index contributed by atoms with van der Waals surface area (Å²) in [4.78, 5) is 36.7. The first-order chi connectivity index (χ1) is 14.1. The molecule has 5 heteroatoms. The Bertz CT molecular complexity index is 731. The fraction of sp³-hybridized carbons (Fsp3) is 0.880. The van der Waals surface area contributed by atoms with Crippen LogP contribution < -0.4 is 0 Å². The molecule has 0 amide bonds. The summed E-state index contributed by atoms with van der Waals surface area (Å²) in [6, 6.07) is 0. The van der Waals surface area contributed by atoms with Crippen molar-refractivity contribution >= 4 is 17.7 Å². The highest BCUT2D eigenvalue weighted by molar-refractivity contribution is 5.79. The summed E-state index contributed by atoms with van der Waals surface area (Å²) < 4.78 is 11.1. The number of hydrogen-bond donors (Lipinski definition) is 0. The summed E-state index contributed by atoms with van der Waals surface area (Å²) in [6.45, 7) is 8.16. The Hall–Kier alpha value is -1.39. The molecule has 0 spiro atoms. The third-order valence-electron chi connectivity index (χ3n) is 10.1. The number of carbonyl (C=O) groups excluding carboxylic acids is 3. The second kappa shape index (κ2) is 7.63. The first-order valence-corrected chi connectivity index (χ1v) is 11.9. The number of carbonyl (C=O) groups is 3. The van der Waals surface area contributed by atoms with E-state index in [-0.39, 0.29) is 40.7 Å². The Morgan fingerprint density at radius 2 is 1.83 bits per heavy atom. The van der Waals surface area contributed by atoms with Gasteiger partial charge in [-0.1, -0.05) is 20.8 Å². The van der Waals surface area contributed by atoms with Gasteiger partial charge in [0.2, 0.25) is 0 Å². The van der Waals surface area contributed by atoms with Crippen molar-refractivity contribution in [2.75, 3.05) is 7.11 Å². The van der Waals surface area contributed by atoms with Gasteiger partial charge in [0.1, 0.15) is 11.9 Å². The van der Waals surface area contributed by atoms with Crippen molar-refractivity contribution < 1.29 is 23.9 Å². The van der Waals surface area contributed by atoms with E-state index >= 15 is 0 Å². The smallest absolute Gasteiger partial charge is 0.308 e. The van der Waals surface area contributed by atoms with Gasteiger partial charge in [-0.2, -0.15) is 0 Å². The third kappa shape index (κ3) is 3.14. The standard InChI is InChI=1S/C25H38O5/c1-14(23(28)29-5)19-8-9-20-18-7-6-16-12-17(27)10-11-24(16,3)21(18)13-22(25(19,20)4)30-15(2)26/h14,16,18-22H,6-13H2,1-5H3/t14-,16+,18-,19-,20+,21+,22-,24-,25-/m0/s1. The Kier molecular flexibility index (Phi) is 5.55. The van der Waals surface area contributed by atoms with Crippen LogP contribution in [-0.4, -0.2) is 30.9 Å². The van der Waals surface area contributed by atoms with Crippen LogP contribution in [0.15, 0.2) is 0 Å². The van der Waals surface area contributed by atoms with Gasteiger partial charge in [-0.25, -0.2) is 0 Å². The minimum atomic E-state index is -0.230. The molecular formula is C25H38O5. The van der Waals surface area contributed by atoms with Crippen LogP contribution >= 0.6 is 0 Å². The molecule has 0 aromatic carbocycles. The molecule has 4 aliphatic rings. The Morgan fingerprint density at radius 1 is 1.10 bits per heavy atom. The highest BCUT2D eigenvalue weighted by Gasteiger charge is 2.65. The molecule has 0 aromatic rings. The highest BCUT2D eigenvalue weighted by atomic mass is 16.5. The molecule has 0 aromatic heterocycles. The molecule has 30 heavy (non-hydrogen) atoms. The minimum absolute atomic E-state index is 0.155. The van der Waals surface area contributed by atoms with Crippen molar-refractivity contribution in [3.05, 3.63) is 0 Å². The number of rotatable bonds is 3. The number of Topliss-reactive ketones (excluding diaryl/α,β-unsaturated/α-hetero) is 1. The monoisotopic (exact) mass is 418 g/mol. The van der Waals surface area contributed by atoms with E-state index in [9.17, 15) is 14.4 Å². The lowest BCUT2D eigenvalue weighted by Gasteiger charge is -2.62. The summed E-state index contributed by atoms with van der Waals surface area (Å²) >= 11 is 0. The topological polar surface area (TPSA) is 69.7 Å². The summed E-state index contributed by atoms with van der Waals surface area (Å²) in [6.07, 6.45) is 7.43. The van der Waals surface area contributed by atoms with Crippen LogP contribution in [0.5, 0.6) is 0 Å². The molecule has 0 bridgehead atoms. The van der Waals surface area contributed by atoms with E-state index in [1.807, 2.05) is 6.92 Å². The first-order valence-electron chi connectivity index (χ1n) is 11.9. The number of methoxy groups -OCH3 is 1. The maximum atomic E-state index is 12.4. The molecule has 4 saturated carbocycles. The van der Waals surface area contributed by atoms with E-state index in [0.717, 1.165) is 44.9 Å². The van der Waals surface area contributed by atoms with Gasteiger partial charge >= 0.3 is 11.9 Å². The SMILES string of the molecule is COC(=O)[C@@H](C)[C@@H]1CC[C@@H]2[C@@H]3CC[C@@H]4CC(=O)CC[C@]4(C)[C@@H]3C[C@H](OC(C)=O)[C@]21C. The van der Waals surface area contributed by atoms with Gasteiger partial charge in [-0.15, -0.1) is 0 Å². The number of hydrogen-bond acceptors (Lipinski definition) is 5. The largest absolute Gasteiger partial charge is 0.469 e. The predicted octanol–water partition coefficient (Wildman–Crippen LogP) is 4.57. The lowest BCUT2D eigenvalue weighted by atomic mass is 9.44. The number of ketones is 1. The molecule has 0 saturated heterocycles. The van der Waals surface area contributed by atoms with Crippen LogP contribution in [0.2, 0.25) is 0 Å². The van der Waals surface area contributed by atoms with Crippen LogP contribution in [0.4, 0.5) is 0 Å². The van der Waals surface area contributed by atoms with Gasteiger partial charge in [0.05, 0.1) is 13.0 Å². The lowest BCUT2D eigenvalue weighted by molar-refractivity contribution is -0.194. The molecule has 4 rings (SSSR count). The number of ether oxygens (including phenoxy) is 2. The molecule has 0 heterocycles. The third-order valence-corrected chi connectivity index (χ3v) is 10.1. The van der Waals surface area contributed by atoms with E-state index in [1.165, 1.54) is 14.0 Å². The average Bonchev–Trinajstić information content (AvgIpc) is 3.06. The molecule has 0 radical (unpaired) electrons. The zero-order chi connectivity index (χ0) is 21.8. The summed E-state index contributed by atoms with van der Waals surface area (Å²) in [7, 11) is 1.46. The van der Waals surface area contributed by atoms with Crippen LogP contribution in [0.25, 0.3) is 0 Å². The zero-order valence-electron chi connectivity index (χ0n) is 19.2. The molecule has 5 nitrogen and oxygen atoms in total. The van der Waals surface area contributed by atoms with Crippen molar-refractivity contribution in [1.82, 2.24) is 0 Å². The van der Waals surface area contributed by atoms with Gasteiger partial charge in [0.25, 0.3) is 0 Å². The maximum Gasteiger partial charge on any atom is 0.308 e. The first kappa shape index (κ1) is 21.8. The lowest BCUT2D eigenvalue weighted by Crippen LogP contribution is -2.59. The van der Waals surface area contributed by atoms with E-state index in [2.05, 4.69) is 13.8 Å². The van der Waals surface area contributed by atoms with Crippen LogP contribution in [0.3, 0.4) is 0 Å². The van der Waals surface area contributed by atoms with Gasteiger partial charge < -0.3 is 9.47 Å². The van der Waals surface area contributed by atoms with E-state index in [4.69, 9.17) is 9.47 Å². The quantitative estimate of drug-likeness (QED) is 0.628. The van der Waals surface area contributed by atoms with Crippen molar-refractivity contribution in [2.24, 2.45) is 46.3 Å². The summed E-state index contributed by atoms with van der Waals surface area (Å²) in [5.74, 6) is 1.99. The molecule has 4 aliphatic carbocycles. The van der Waals surface area contributed by atoms with E-state index in [1.54, 1.807) is 0 Å². The summed E-state index contributed by atoms with van der Waals surface area (Å²) in [5.41, 5.74) is -0.0449. The average molecular weight is 419 g/mol. The molecular weight excluding hydrogens is 380 g/mol. The van der Waals surface area contributed by atoms with Crippen molar-refractivity contribution in [2.45, 2.75) is 85.2 Å². The highest BCUT2D eigenvalue weighted by Crippen LogP contribution is 2.68. The van der Waals surface area contributed by atoms with Crippen LogP contribution in [0.1, 0.15) is 79.1 Å². The molecule has 0 unspecified atom stereocenters. The van der Waals surface area contributed by atoms with Crippen LogP contribution in [0, 0.1) is 46.3 Å². The van der Waals surface area contributed by atoms with Crippen molar-refractivity contribution in [3.8, 4) is 0 Å².